The van der Waals surface area contributed by atoms with Gasteiger partial charge in [0.25, 0.3) is 11.7 Å². The van der Waals surface area contributed by atoms with Crippen molar-refractivity contribution in [3.63, 3.8) is 0 Å². The predicted octanol–water partition coefficient (Wildman–Crippen LogP) is 1.06. The molecule has 5 heterocycles. The van der Waals surface area contributed by atoms with Crippen molar-refractivity contribution in [2.75, 3.05) is 57.2 Å². The van der Waals surface area contributed by atoms with Crippen molar-refractivity contribution in [3.8, 4) is 17.3 Å². The first-order valence-electron chi connectivity index (χ1n) is 13.1. The van der Waals surface area contributed by atoms with Crippen molar-refractivity contribution >= 4 is 34.5 Å². The second kappa shape index (κ2) is 10.4. The number of Topliss-reactive ketones (excluding diaryl/α,β-unsaturated/α-hetero) is 1. The van der Waals surface area contributed by atoms with Crippen LogP contribution in [0.2, 0.25) is 0 Å². The second-order valence-electron chi connectivity index (χ2n) is 9.86. The number of anilines is 2. The van der Waals surface area contributed by atoms with Crippen molar-refractivity contribution in [1.82, 2.24) is 39.7 Å². The molecular formula is C27H30N11O3+. The average Bonchev–Trinajstić information content (AvgIpc) is 3.75. The zero-order valence-electron chi connectivity index (χ0n) is 23.2. The number of nitrogens with one attached hydrogen (secondary N) is 2. The molecule has 0 aliphatic carbocycles. The normalized spacial score (nSPS) is 13.6. The first-order valence-corrected chi connectivity index (χ1v) is 13.1. The van der Waals surface area contributed by atoms with Crippen molar-refractivity contribution in [3.05, 3.63) is 60.4 Å². The standard InChI is InChI=1S/C27H29N11O3/c1-17-30-16-37(32-17)24-22-21(20(41-4)15-29-24)19(14-28-22)23(39)25(40)35-10-12-36(13-11-35)26-31-27(34(2)3)38(33-26)18-8-6-5-7-9-18/h5-9,14-16H,10-13H2,1-4H3,(H,28,29,39)/p+1. The van der Waals surface area contributed by atoms with Crippen LogP contribution in [0.15, 0.2) is 49.1 Å². The summed E-state index contributed by atoms with van der Waals surface area (Å²) in [6, 6.07) is 9.92. The Hall–Kier alpha value is -5.27. The second-order valence-corrected chi connectivity index (χ2v) is 9.86. The van der Waals surface area contributed by atoms with E-state index in [2.05, 4.69) is 30.0 Å². The van der Waals surface area contributed by atoms with E-state index in [9.17, 15) is 9.59 Å². The number of benzene rings is 1. The minimum atomic E-state index is -0.621. The zero-order chi connectivity index (χ0) is 28.7. The quantitative estimate of drug-likeness (QED) is 0.171. The maximum absolute atomic E-state index is 13.5. The summed E-state index contributed by atoms with van der Waals surface area (Å²) in [6.45, 7) is 3.56. The molecule has 4 aromatic heterocycles. The molecule has 1 saturated heterocycles. The van der Waals surface area contributed by atoms with E-state index in [1.165, 1.54) is 24.2 Å². The molecule has 14 nitrogen and oxygen atoms in total. The lowest BCUT2D eigenvalue weighted by Gasteiger charge is -2.33. The largest absolute Gasteiger partial charge is 0.494 e. The van der Waals surface area contributed by atoms with Gasteiger partial charge >= 0.3 is 11.9 Å². The van der Waals surface area contributed by atoms with Crippen LogP contribution in [0.5, 0.6) is 5.75 Å². The van der Waals surface area contributed by atoms with Gasteiger partial charge in [-0.3, -0.25) is 14.5 Å². The van der Waals surface area contributed by atoms with Gasteiger partial charge in [-0.2, -0.15) is 10.2 Å². The molecule has 14 heteroatoms. The van der Waals surface area contributed by atoms with Crippen LogP contribution >= 0.6 is 0 Å². The number of aromatic nitrogens is 8. The summed E-state index contributed by atoms with van der Waals surface area (Å²) in [5.41, 5.74) is 1.70. The smallest absolute Gasteiger partial charge is 0.420 e. The number of ether oxygens (including phenoxy) is 1. The molecule has 0 atom stereocenters. The van der Waals surface area contributed by atoms with Crippen molar-refractivity contribution in [2.45, 2.75) is 6.92 Å². The molecule has 1 aliphatic heterocycles. The molecule has 1 amide bonds. The van der Waals surface area contributed by atoms with E-state index in [0.717, 1.165) is 11.6 Å². The van der Waals surface area contributed by atoms with Gasteiger partial charge in [-0.05, 0) is 24.0 Å². The van der Waals surface area contributed by atoms with Crippen LogP contribution in [-0.4, -0.2) is 98.8 Å². The molecule has 1 fully saturated rings. The van der Waals surface area contributed by atoms with Gasteiger partial charge < -0.3 is 19.5 Å². The summed E-state index contributed by atoms with van der Waals surface area (Å²) >= 11 is 0. The molecule has 6 rings (SSSR count). The number of carbonyl (C=O) groups excluding carboxylic acids is 2. The highest BCUT2D eigenvalue weighted by atomic mass is 16.5. The number of amides is 1. The lowest BCUT2D eigenvalue weighted by molar-refractivity contribution is -0.643. The molecular weight excluding hydrogens is 526 g/mol. The fourth-order valence-corrected chi connectivity index (χ4v) is 4.96. The first kappa shape index (κ1) is 26.0. The molecule has 0 radical (unpaired) electrons. The highest BCUT2D eigenvalue weighted by molar-refractivity contribution is 6.45. The number of hydrogen-bond donors (Lipinski definition) is 2. The Morgan fingerprint density at radius 2 is 1.83 bits per heavy atom. The summed E-state index contributed by atoms with van der Waals surface area (Å²) in [6.07, 6.45) is 4.57. The Morgan fingerprint density at radius 3 is 2.49 bits per heavy atom. The number of rotatable bonds is 7. The number of para-hydroxylation sites is 1. The Morgan fingerprint density at radius 1 is 1.07 bits per heavy atom. The summed E-state index contributed by atoms with van der Waals surface area (Å²) in [5.74, 6) is 1.66. The molecule has 0 spiro atoms. The topological polar surface area (TPSA) is 145 Å². The van der Waals surface area contributed by atoms with Crippen LogP contribution in [0.25, 0.3) is 22.4 Å². The minimum Gasteiger partial charge on any atom is -0.494 e. The van der Waals surface area contributed by atoms with Gasteiger partial charge in [0, 0.05) is 32.4 Å². The number of nitrogens with zero attached hydrogens (tertiary/aromatic N) is 9. The van der Waals surface area contributed by atoms with Crippen LogP contribution in [0.3, 0.4) is 0 Å². The monoisotopic (exact) mass is 556 g/mol. The van der Waals surface area contributed by atoms with E-state index < -0.39 is 11.7 Å². The molecule has 0 unspecified atom stereocenters. The van der Waals surface area contributed by atoms with E-state index in [4.69, 9.17) is 9.72 Å². The molecule has 5 aromatic rings. The van der Waals surface area contributed by atoms with Gasteiger partial charge in [-0.15, -0.1) is 4.68 Å². The summed E-state index contributed by atoms with van der Waals surface area (Å²) < 4.78 is 8.93. The number of aromatic amines is 2. The maximum atomic E-state index is 13.5. The molecule has 0 bridgehead atoms. The van der Waals surface area contributed by atoms with Gasteiger partial charge in [0.15, 0.2) is 5.82 Å². The molecule has 0 saturated carbocycles. The number of H-pyrrole nitrogens is 2. The van der Waals surface area contributed by atoms with Crippen LogP contribution in [0.1, 0.15) is 16.2 Å². The summed E-state index contributed by atoms with van der Waals surface area (Å²) in [7, 11) is 5.37. The minimum absolute atomic E-state index is 0.218. The van der Waals surface area contributed by atoms with Gasteiger partial charge in [0.05, 0.1) is 43.9 Å². The fraction of sp³-hybridized carbons (Fsp3) is 0.296. The number of fused-ring (bicyclic) bond motifs is 1. The number of ketones is 1. The van der Waals surface area contributed by atoms with Crippen LogP contribution in [-0.2, 0) is 4.79 Å². The SMILES string of the molecule is COc1cnc(-n2cnc(C)n2)c2[nH]cc(C(=O)C(=O)N3CCN(c4nc(N(C)C)[n+](-c5ccccc5)[nH]4)CC3)c12. The third kappa shape index (κ3) is 4.62. The van der Waals surface area contributed by atoms with E-state index in [-0.39, 0.29) is 5.56 Å². The number of pyridine rings is 1. The third-order valence-corrected chi connectivity index (χ3v) is 7.03. The average molecular weight is 557 g/mol. The third-order valence-electron chi connectivity index (χ3n) is 7.03. The maximum Gasteiger partial charge on any atom is 0.420 e. The van der Waals surface area contributed by atoms with Gasteiger partial charge in [0.1, 0.15) is 23.6 Å². The molecule has 41 heavy (non-hydrogen) atoms. The van der Waals surface area contributed by atoms with E-state index in [0.29, 0.717) is 60.4 Å². The predicted molar refractivity (Wildman–Crippen MR) is 150 cm³/mol. The van der Waals surface area contributed by atoms with E-state index >= 15 is 0 Å². The van der Waals surface area contributed by atoms with E-state index in [1.54, 1.807) is 18.2 Å². The van der Waals surface area contributed by atoms with Gasteiger partial charge in [-0.25, -0.2) is 14.6 Å². The molecule has 1 aliphatic rings. The number of methoxy groups -OCH3 is 1. The highest BCUT2D eigenvalue weighted by Gasteiger charge is 2.32. The lowest BCUT2D eigenvalue weighted by Crippen LogP contribution is -2.51. The summed E-state index contributed by atoms with van der Waals surface area (Å²) in [4.78, 5) is 49.0. The van der Waals surface area contributed by atoms with Crippen LogP contribution in [0, 0.1) is 6.92 Å². The number of aryl methyl sites for hydroxylation is 1. The Kier molecular flexibility index (Phi) is 6.57. The zero-order valence-corrected chi connectivity index (χ0v) is 23.2. The Bertz CT molecular complexity index is 1730. The van der Waals surface area contributed by atoms with Crippen molar-refractivity contribution in [1.29, 1.82) is 0 Å². The van der Waals surface area contributed by atoms with Crippen molar-refractivity contribution < 1.29 is 19.0 Å². The van der Waals surface area contributed by atoms with Gasteiger partial charge in [0.2, 0.25) is 0 Å². The lowest BCUT2D eigenvalue weighted by atomic mass is 10.1. The Balaban J connectivity index is 1.21. The van der Waals surface area contributed by atoms with E-state index in [1.807, 2.05) is 54.0 Å². The number of piperazine rings is 1. The summed E-state index contributed by atoms with van der Waals surface area (Å²) in [5, 5.41) is 8.17. The molecule has 210 valence electrons. The van der Waals surface area contributed by atoms with Crippen LogP contribution < -0.4 is 19.2 Å². The van der Waals surface area contributed by atoms with Crippen molar-refractivity contribution in [2.24, 2.45) is 0 Å². The number of carbonyl (C=O) groups is 2. The number of hydrogen-bond acceptors (Lipinski definition) is 9. The van der Waals surface area contributed by atoms with Gasteiger partial charge in [-0.1, -0.05) is 18.2 Å². The first-order chi connectivity index (χ1) is 19.9. The van der Waals surface area contributed by atoms with Crippen LogP contribution in [0.4, 0.5) is 11.9 Å². The molecule has 2 N–H and O–H groups in total. The fourth-order valence-electron chi connectivity index (χ4n) is 4.96. The highest BCUT2D eigenvalue weighted by Crippen LogP contribution is 2.32. The molecule has 1 aromatic carbocycles. The Labute approximate surface area is 235 Å².